The van der Waals surface area contributed by atoms with E-state index >= 15 is 0 Å². The molecule has 1 aromatic heterocycles. The maximum absolute atomic E-state index is 12.2. The average Bonchev–Trinajstić information content (AvgIpc) is 2.53. The highest BCUT2D eigenvalue weighted by molar-refractivity contribution is 5.89. The van der Waals surface area contributed by atoms with Gasteiger partial charge in [-0.3, -0.25) is 14.6 Å². The lowest BCUT2D eigenvalue weighted by molar-refractivity contribution is -0.134. The second kappa shape index (κ2) is 5.62. The Labute approximate surface area is 106 Å². The van der Waals surface area contributed by atoms with Gasteiger partial charge in [-0.05, 0) is 18.1 Å². The first kappa shape index (κ1) is 12.5. The van der Waals surface area contributed by atoms with Crippen LogP contribution in [-0.2, 0) is 16.1 Å². The monoisotopic (exact) mass is 247 g/mol. The number of aromatic nitrogens is 1. The van der Waals surface area contributed by atoms with Crippen LogP contribution in [0, 0.1) is 0 Å². The van der Waals surface area contributed by atoms with Crippen molar-refractivity contribution in [2.24, 2.45) is 0 Å². The zero-order valence-electron chi connectivity index (χ0n) is 10.4. The smallest absolute Gasteiger partial charge is 0.245 e. The Balaban J connectivity index is 2.11. The molecule has 2 amide bonds. The van der Waals surface area contributed by atoms with Gasteiger partial charge in [0.1, 0.15) is 6.04 Å². The SMILES string of the molecule is CCC1NC(=O)CCN(Cc2cccnc2)C1=O. The molecule has 0 radical (unpaired) electrons. The standard InChI is InChI=1S/C13H17N3O2/c1-2-11-13(18)16(7-5-12(17)15-11)9-10-4-3-6-14-8-10/h3-4,6,8,11H,2,5,7,9H2,1H3,(H,15,17). The Morgan fingerprint density at radius 1 is 1.50 bits per heavy atom. The van der Waals surface area contributed by atoms with Gasteiger partial charge in [0.05, 0.1) is 0 Å². The molecule has 2 rings (SSSR count). The number of amides is 2. The summed E-state index contributed by atoms with van der Waals surface area (Å²) in [5.41, 5.74) is 0.982. The third-order valence-electron chi connectivity index (χ3n) is 3.06. The Hall–Kier alpha value is -1.91. The number of carbonyl (C=O) groups excluding carboxylic acids is 2. The zero-order valence-corrected chi connectivity index (χ0v) is 10.4. The average molecular weight is 247 g/mol. The number of carbonyl (C=O) groups is 2. The van der Waals surface area contributed by atoms with E-state index in [4.69, 9.17) is 0 Å². The van der Waals surface area contributed by atoms with Gasteiger partial charge in [-0.25, -0.2) is 0 Å². The molecule has 1 unspecified atom stereocenters. The van der Waals surface area contributed by atoms with Crippen LogP contribution in [0.15, 0.2) is 24.5 Å². The third kappa shape index (κ3) is 2.85. The second-order valence-corrected chi connectivity index (χ2v) is 4.40. The van der Waals surface area contributed by atoms with Crippen molar-refractivity contribution in [3.8, 4) is 0 Å². The summed E-state index contributed by atoms with van der Waals surface area (Å²) in [5.74, 6) is -0.0592. The maximum atomic E-state index is 12.2. The Morgan fingerprint density at radius 2 is 2.33 bits per heavy atom. The van der Waals surface area contributed by atoms with Gasteiger partial charge < -0.3 is 10.2 Å². The number of nitrogens with zero attached hydrogens (tertiary/aromatic N) is 2. The molecule has 1 atom stereocenters. The molecule has 18 heavy (non-hydrogen) atoms. The molecule has 1 N–H and O–H groups in total. The fourth-order valence-corrected chi connectivity index (χ4v) is 2.04. The van der Waals surface area contributed by atoms with Crippen molar-refractivity contribution in [2.45, 2.75) is 32.4 Å². The van der Waals surface area contributed by atoms with E-state index in [9.17, 15) is 9.59 Å². The van der Waals surface area contributed by atoms with E-state index in [0.717, 1.165) is 5.56 Å². The van der Waals surface area contributed by atoms with Crippen molar-refractivity contribution in [1.29, 1.82) is 0 Å². The molecule has 2 heterocycles. The molecular weight excluding hydrogens is 230 g/mol. The van der Waals surface area contributed by atoms with Gasteiger partial charge in [-0.1, -0.05) is 13.0 Å². The fourth-order valence-electron chi connectivity index (χ4n) is 2.04. The summed E-state index contributed by atoms with van der Waals surface area (Å²) >= 11 is 0. The number of nitrogens with one attached hydrogen (secondary N) is 1. The molecule has 0 bridgehead atoms. The lowest BCUT2D eigenvalue weighted by Gasteiger charge is -2.23. The van der Waals surface area contributed by atoms with E-state index in [2.05, 4.69) is 10.3 Å². The molecule has 1 saturated heterocycles. The normalized spacial score (nSPS) is 20.5. The van der Waals surface area contributed by atoms with Crippen LogP contribution in [0.25, 0.3) is 0 Å². The minimum atomic E-state index is -0.392. The highest BCUT2D eigenvalue weighted by Gasteiger charge is 2.28. The van der Waals surface area contributed by atoms with Crippen LogP contribution in [0.3, 0.4) is 0 Å². The van der Waals surface area contributed by atoms with E-state index in [1.807, 2.05) is 19.1 Å². The first-order valence-corrected chi connectivity index (χ1v) is 6.17. The van der Waals surface area contributed by atoms with E-state index in [0.29, 0.717) is 25.9 Å². The van der Waals surface area contributed by atoms with Gasteiger partial charge in [0.25, 0.3) is 0 Å². The summed E-state index contributed by atoms with van der Waals surface area (Å²) in [7, 11) is 0. The molecule has 0 saturated carbocycles. The molecule has 96 valence electrons. The second-order valence-electron chi connectivity index (χ2n) is 4.40. The van der Waals surface area contributed by atoms with Gasteiger partial charge in [-0.2, -0.15) is 0 Å². The van der Waals surface area contributed by atoms with Gasteiger partial charge in [0, 0.05) is 31.9 Å². The molecule has 5 nitrogen and oxygen atoms in total. The molecule has 0 aliphatic carbocycles. The Kier molecular flexibility index (Phi) is 3.92. The van der Waals surface area contributed by atoms with Gasteiger partial charge in [0.15, 0.2) is 0 Å². The minimum Gasteiger partial charge on any atom is -0.344 e. The summed E-state index contributed by atoms with van der Waals surface area (Å²) < 4.78 is 0. The largest absolute Gasteiger partial charge is 0.344 e. The molecule has 1 aliphatic rings. The van der Waals surface area contributed by atoms with Crippen LogP contribution >= 0.6 is 0 Å². The highest BCUT2D eigenvalue weighted by Crippen LogP contribution is 2.10. The van der Waals surface area contributed by atoms with E-state index in [1.165, 1.54) is 0 Å². The van der Waals surface area contributed by atoms with Crippen molar-refractivity contribution < 1.29 is 9.59 Å². The first-order chi connectivity index (χ1) is 8.70. The molecule has 5 heteroatoms. The van der Waals surface area contributed by atoms with Gasteiger partial charge in [0.2, 0.25) is 11.8 Å². The quantitative estimate of drug-likeness (QED) is 0.855. The summed E-state index contributed by atoms with van der Waals surface area (Å²) in [6, 6.07) is 3.39. The summed E-state index contributed by atoms with van der Waals surface area (Å²) in [6.07, 6.45) is 4.43. The molecule has 1 aromatic rings. The summed E-state index contributed by atoms with van der Waals surface area (Å²) in [4.78, 5) is 29.5. The van der Waals surface area contributed by atoms with Crippen LogP contribution in [0.5, 0.6) is 0 Å². The van der Waals surface area contributed by atoms with Crippen molar-refractivity contribution in [2.75, 3.05) is 6.54 Å². The van der Waals surface area contributed by atoms with Gasteiger partial charge >= 0.3 is 0 Å². The predicted molar refractivity (Wildman–Crippen MR) is 66.5 cm³/mol. The van der Waals surface area contributed by atoms with Crippen molar-refractivity contribution in [3.05, 3.63) is 30.1 Å². The molecule has 0 aromatic carbocycles. The van der Waals surface area contributed by atoms with Crippen LogP contribution < -0.4 is 5.32 Å². The van der Waals surface area contributed by atoms with Crippen molar-refractivity contribution >= 4 is 11.8 Å². The fraction of sp³-hybridized carbons (Fsp3) is 0.462. The summed E-state index contributed by atoms with van der Waals surface area (Å²) in [5, 5.41) is 2.75. The number of pyridine rings is 1. The Bertz CT molecular complexity index is 433. The molecule has 0 spiro atoms. The van der Waals surface area contributed by atoms with E-state index in [-0.39, 0.29) is 11.8 Å². The number of hydrogen-bond donors (Lipinski definition) is 1. The Morgan fingerprint density at radius 3 is 3.00 bits per heavy atom. The van der Waals surface area contributed by atoms with E-state index in [1.54, 1.807) is 17.3 Å². The maximum Gasteiger partial charge on any atom is 0.245 e. The molecule has 1 aliphatic heterocycles. The first-order valence-electron chi connectivity index (χ1n) is 6.17. The topological polar surface area (TPSA) is 62.3 Å². The van der Waals surface area contributed by atoms with Crippen LogP contribution in [0.2, 0.25) is 0 Å². The number of rotatable bonds is 3. The van der Waals surface area contributed by atoms with Crippen LogP contribution in [-0.4, -0.2) is 34.3 Å². The lowest BCUT2D eigenvalue weighted by Crippen LogP contribution is -2.43. The lowest BCUT2D eigenvalue weighted by atomic mass is 10.2. The van der Waals surface area contributed by atoms with E-state index < -0.39 is 6.04 Å². The minimum absolute atomic E-state index is 0.00722. The van der Waals surface area contributed by atoms with Crippen LogP contribution in [0.1, 0.15) is 25.3 Å². The third-order valence-corrected chi connectivity index (χ3v) is 3.06. The van der Waals surface area contributed by atoms with Crippen molar-refractivity contribution in [1.82, 2.24) is 15.2 Å². The predicted octanol–water partition coefficient (Wildman–Crippen LogP) is 0.709. The van der Waals surface area contributed by atoms with Crippen LogP contribution in [0.4, 0.5) is 0 Å². The summed E-state index contributed by atoms with van der Waals surface area (Å²) in [6.45, 7) is 2.88. The molecule has 1 fully saturated rings. The molecular formula is C13H17N3O2. The highest BCUT2D eigenvalue weighted by atomic mass is 16.2. The van der Waals surface area contributed by atoms with Gasteiger partial charge in [-0.15, -0.1) is 0 Å². The van der Waals surface area contributed by atoms with Crippen molar-refractivity contribution in [3.63, 3.8) is 0 Å². The zero-order chi connectivity index (χ0) is 13.0. The number of hydrogen-bond acceptors (Lipinski definition) is 3.